The van der Waals surface area contributed by atoms with Crippen LogP contribution in [0.4, 0.5) is 0 Å². The van der Waals surface area contributed by atoms with E-state index in [0.717, 1.165) is 32.2 Å². The molecule has 1 rings (SSSR count). The highest BCUT2D eigenvalue weighted by molar-refractivity contribution is 5.13. The van der Waals surface area contributed by atoms with Crippen molar-refractivity contribution in [3.05, 3.63) is 0 Å². The van der Waals surface area contributed by atoms with Crippen LogP contribution in [-0.4, -0.2) is 23.8 Å². The predicted octanol–water partition coefficient (Wildman–Crippen LogP) is 2.07. The molecule has 1 saturated carbocycles. The summed E-state index contributed by atoms with van der Waals surface area (Å²) < 4.78 is 0. The van der Waals surface area contributed by atoms with Crippen molar-refractivity contribution in [1.82, 2.24) is 5.32 Å². The fourth-order valence-corrected chi connectivity index (χ4v) is 2.75. The summed E-state index contributed by atoms with van der Waals surface area (Å²) in [4.78, 5) is 0. The molecule has 0 aromatic heterocycles. The number of hydrogen-bond acceptors (Lipinski definition) is 3. The highest BCUT2D eigenvalue weighted by atomic mass is 16.3. The summed E-state index contributed by atoms with van der Waals surface area (Å²) in [6, 6.07) is 2.47. The second-order valence-corrected chi connectivity index (χ2v) is 5.86. The number of nitriles is 1. The first kappa shape index (κ1) is 13.5. The topological polar surface area (TPSA) is 56.0 Å². The molecule has 3 nitrogen and oxygen atoms in total. The van der Waals surface area contributed by atoms with Crippen LogP contribution >= 0.6 is 0 Å². The van der Waals surface area contributed by atoms with E-state index >= 15 is 0 Å². The van der Waals surface area contributed by atoms with E-state index in [2.05, 4.69) is 32.2 Å². The first-order chi connectivity index (χ1) is 7.46. The Kier molecular flexibility index (Phi) is 4.35. The van der Waals surface area contributed by atoms with Crippen LogP contribution in [0.5, 0.6) is 0 Å². The molecule has 1 aliphatic rings. The average Bonchev–Trinajstić information content (AvgIpc) is 2.21. The van der Waals surface area contributed by atoms with Crippen LogP contribution in [0.2, 0.25) is 0 Å². The van der Waals surface area contributed by atoms with E-state index in [1.807, 2.05) is 0 Å². The molecule has 2 atom stereocenters. The summed E-state index contributed by atoms with van der Waals surface area (Å²) in [6.07, 6.45) is 3.83. The zero-order chi connectivity index (χ0) is 12.2. The Hall–Kier alpha value is -0.590. The molecule has 0 aliphatic heterocycles. The Morgan fingerprint density at radius 1 is 1.44 bits per heavy atom. The fraction of sp³-hybridized carbons (Fsp3) is 0.923. The van der Waals surface area contributed by atoms with Gasteiger partial charge in [-0.1, -0.05) is 20.8 Å². The number of rotatable bonds is 4. The minimum atomic E-state index is -0.370. The summed E-state index contributed by atoms with van der Waals surface area (Å²) in [7, 11) is 0. The quantitative estimate of drug-likeness (QED) is 0.719. The third-order valence-electron chi connectivity index (χ3n) is 3.87. The van der Waals surface area contributed by atoms with Gasteiger partial charge in [-0.15, -0.1) is 0 Å². The van der Waals surface area contributed by atoms with Crippen molar-refractivity contribution >= 4 is 0 Å². The number of hydrogen-bond donors (Lipinski definition) is 2. The number of nitrogens with one attached hydrogen (secondary N) is 1. The van der Waals surface area contributed by atoms with Gasteiger partial charge < -0.3 is 5.11 Å². The van der Waals surface area contributed by atoms with Crippen LogP contribution < -0.4 is 5.32 Å². The van der Waals surface area contributed by atoms with Crippen LogP contribution in [0.1, 0.15) is 46.5 Å². The molecule has 0 amide bonds. The van der Waals surface area contributed by atoms with Crippen molar-refractivity contribution in [2.45, 2.75) is 52.0 Å². The normalized spacial score (nSPS) is 33.3. The monoisotopic (exact) mass is 224 g/mol. The van der Waals surface area contributed by atoms with E-state index in [-0.39, 0.29) is 12.1 Å². The van der Waals surface area contributed by atoms with Crippen LogP contribution in [0.15, 0.2) is 0 Å². The predicted molar refractivity (Wildman–Crippen MR) is 64.8 cm³/mol. The smallest absolute Gasteiger partial charge is 0.109 e. The second kappa shape index (κ2) is 5.16. The standard InChI is InChI=1S/C13H24N2O/c1-11-9-12(2,3)5-6-13(11,10-14)15-7-4-8-16/h11,15-16H,4-9H2,1-3H3. The third-order valence-corrected chi connectivity index (χ3v) is 3.87. The Morgan fingerprint density at radius 3 is 2.62 bits per heavy atom. The van der Waals surface area contributed by atoms with Gasteiger partial charge in [0.25, 0.3) is 0 Å². The number of aliphatic hydroxyl groups excluding tert-OH is 1. The Balaban J connectivity index is 2.63. The maximum absolute atomic E-state index is 9.41. The largest absolute Gasteiger partial charge is 0.396 e. The molecule has 92 valence electrons. The van der Waals surface area contributed by atoms with E-state index in [1.165, 1.54) is 0 Å². The molecular formula is C13H24N2O. The van der Waals surface area contributed by atoms with Crippen LogP contribution in [-0.2, 0) is 0 Å². The molecular weight excluding hydrogens is 200 g/mol. The average molecular weight is 224 g/mol. The van der Waals surface area contributed by atoms with Crippen molar-refractivity contribution in [1.29, 1.82) is 5.26 Å². The summed E-state index contributed by atoms with van der Waals surface area (Å²) in [5.74, 6) is 0.375. The summed E-state index contributed by atoms with van der Waals surface area (Å²) >= 11 is 0. The number of nitrogens with zero attached hydrogens (tertiary/aromatic N) is 1. The lowest BCUT2D eigenvalue weighted by atomic mass is 9.64. The lowest BCUT2D eigenvalue weighted by Gasteiger charge is -2.45. The zero-order valence-corrected chi connectivity index (χ0v) is 10.7. The van der Waals surface area contributed by atoms with Crippen LogP contribution in [0, 0.1) is 22.7 Å². The zero-order valence-electron chi connectivity index (χ0n) is 10.7. The van der Waals surface area contributed by atoms with E-state index in [9.17, 15) is 5.26 Å². The number of aliphatic hydroxyl groups is 1. The molecule has 2 N–H and O–H groups in total. The van der Waals surface area contributed by atoms with Gasteiger partial charge in [0.05, 0.1) is 6.07 Å². The van der Waals surface area contributed by atoms with Crippen LogP contribution in [0.3, 0.4) is 0 Å². The molecule has 1 fully saturated rings. The first-order valence-corrected chi connectivity index (χ1v) is 6.23. The molecule has 0 aromatic rings. The summed E-state index contributed by atoms with van der Waals surface area (Å²) in [5, 5.41) is 21.5. The van der Waals surface area contributed by atoms with E-state index in [1.54, 1.807) is 0 Å². The molecule has 3 heteroatoms. The van der Waals surface area contributed by atoms with Gasteiger partial charge in [-0.3, -0.25) is 5.32 Å². The maximum Gasteiger partial charge on any atom is 0.109 e. The molecule has 16 heavy (non-hydrogen) atoms. The summed E-state index contributed by atoms with van der Waals surface area (Å²) in [5.41, 5.74) is -0.0108. The van der Waals surface area contributed by atoms with Crippen molar-refractivity contribution in [2.24, 2.45) is 11.3 Å². The van der Waals surface area contributed by atoms with Gasteiger partial charge in [-0.05, 0) is 43.6 Å². The van der Waals surface area contributed by atoms with Crippen molar-refractivity contribution in [3.8, 4) is 6.07 Å². The first-order valence-electron chi connectivity index (χ1n) is 6.23. The molecule has 2 unspecified atom stereocenters. The fourth-order valence-electron chi connectivity index (χ4n) is 2.75. The molecule has 0 aromatic carbocycles. The van der Waals surface area contributed by atoms with Crippen LogP contribution in [0.25, 0.3) is 0 Å². The molecule has 1 aliphatic carbocycles. The lowest BCUT2D eigenvalue weighted by Crippen LogP contribution is -2.54. The van der Waals surface area contributed by atoms with Gasteiger partial charge in [0.1, 0.15) is 5.54 Å². The SMILES string of the molecule is CC1CC(C)(C)CCC1(C#N)NCCCO. The molecule has 0 radical (unpaired) electrons. The van der Waals surface area contributed by atoms with Gasteiger partial charge >= 0.3 is 0 Å². The van der Waals surface area contributed by atoms with Crippen molar-refractivity contribution < 1.29 is 5.11 Å². The Bertz CT molecular complexity index is 270. The van der Waals surface area contributed by atoms with Gasteiger partial charge in [0.15, 0.2) is 0 Å². The van der Waals surface area contributed by atoms with Gasteiger partial charge in [0.2, 0.25) is 0 Å². The minimum absolute atomic E-state index is 0.189. The van der Waals surface area contributed by atoms with Gasteiger partial charge in [-0.25, -0.2) is 0 Å². The van der Waals surface area contributed by atoms with E-state index in [4.69, 9.17) is 5.11 Å². The molecule has 0 heterocycles. The van der Waals surface area contributed by atoms with Gasteiger partial charge in [0, 0.05) is 6.61 Å². The van der Waals surface area contributed by atoms with Crippen molar-refractivity contribution in [3.63, 3.8) is 0 Å². The summed E-state index contributed by atoms with van der Waals surface area (Å²) in [6.45, 7) is 7.64. The highest BCUT2D eigenvalue weighted by Gasteiger charge is 2.43. The minimum Gasteiger partial charge on any atom is -0.396 e. The molecule has 0 saturated heterocycles. The van der Waals surface area contributed by atoms with E-state index in [0.29, 0.717) is 11.3 Å². The Labute approximate surface area is 98.8 Å². The third kappa shape index (κ3) is 2.96. The second-order valence-electron chi connectivity index (χ2n) is 5.86. The van der Waals surface area contributed by atoms with E-state index < -0.39 is 0 Å². The molecule has 0 bridgehead atoms. The van der Waals surface area contributed by atoms with Gasteiger partial charge in [-0.2, -0.15) is 5.26 Å². The van der Waals surface area contributed by atoms with Crippen molar-refractivity contribution in [2.75, 3.05) is 13.2 Å². The highest BCUT2D eigenvalue weighted by Crippen LogP contribution is 2.43. The molecule has 0 spiro atoms. The lowest BCUT2D eigenvalue weighted by molar-refractivity contribution is 0.108. The Morgan fingerprint density at radius 2 is 2.12 bits per heavy atom. The maximum atomic E-state index is 9.41.